The number of hydrogen-bond donors (Lipinski definition) is 1. The first-order chi connectivity index (χ1) is 13.1. The summed E-state index contributed by atoms with van der Waals surface area (Å²) in [5, 5.41) is 10.0. The quantitative estimate of drug-likeness (QED) is 0.582. The molecule has 0 aliphatic carbocycles. The third-order valence-electron chi connectivity index (χ3n) is 4.17. The Morgan fingerprint density at radius 2 is 1.96 bits per heavy atom. The molecule has 0 bridgehead atoms. The van der Waals surface area contributed by atoms with Crippen molar-refractivity contribution >= 4 is 16.9 Å². The molecule has 3 aromatic rings. The highest BCUT2D eigenvalue weighted by atomic mass is 19.1. The van der Waals surface area contributed by atoms with Crippen LogP contribution in [0.2, 0.25) is 0 Å². The van der Waals surface area contributed by atoms with Crippen LogP contribution in [0.25, 0.3) is 10.9 Å². The lowest BCUT2D eigenvalue weighted by Crippen LogP contribution is -2.04. The summed E-state index contributed by atoms with van der Waals surface area (Å²) in [6.07, 6.45) is 3.47. The number of fused-ring (bicyclic) bond motifs is 1. The lowest BCUT2D eigenvalue weighted by atomic mass is 10.2. The van der Waals surface area contributed by atoms with Crippen LogP contribution in [0.3, 0.4) is 0 Å². The van der Waals surface area contributed by atoms with E-state index in [1.54, 1.807) is 24.4 Å². The van der Waals surface area contributed by atoms with Gasteiger partial charge in [-0.1, -0.05) is 12.1 Å². The van der Waals surface area contributed by atoms with Gasteiger partial charge in [0.2, 0.25) is 0 Å². The van der Waals surface area contributed by atoms with Gasteiger partial charge in [-0.2, -0.15) is 0 Å². The average Bonchev–Trinajstić information content (AvgIpc) is 3.00. The topological polar surface area (TPSA) is 73.6 Å². The van der Waals surface area contributed by atoms with E-state index in [1.807, 2.05) is 17.7 Å². The molecule has 27 heavy (non-hydrogen) atoms. The monoisotopic (exact) mass is 372 g/mol. The van der Waals surface area contributed by atoms with Crippen molar-refractivity contribution in [2.75, 3.05) is 19.8 Å². The van der Waals surface area contributed by atoms with E-state index in [2.05, 4.69) is 4.98 Å². The van der Waals surface area contributed by atoms with Crippen LogP contribution >= 0.6 is 0 Å². The zero-order chi connectivity index (χ0) is 19.2. The summed E-state index contributed by atoms with van der Waals surface area (Å²) in [4.78, 5) is 15.3. The SMILES string of the molecule is CCOCCOCc1cn(Cc2ccc(F)cc2)c2cnc(C(=O)O)cc12. The van der Waals surface area contributed by atoms with Gasteiger partial charge in [-0.3, -0.25) is 0 Å². The number of carbonyl (C=O) groups is 1. The summed E-state index contributed by atoms with van der Waals surface area (Å²) in [5.41, 5.74) is 2.58. The van der Waals surface area contributed by atoms with Crippen molar-refractivity contribution in [3.05, 3.63) is 65.4 Å². The number of benzene rings is 1. The third-order valence-corrected chi connectivity index (χ3v) is 4.17. The molecule has 1 aromatic carbocycles. The van der Waals surface area contributed by atoms with Crippen LogP contribution in [0.1, 0.15) is 28.5 Å². The van der Waals surface area contributed by atoms with Crippen molar-refractivity contribution in [2.24, 2.45) is 0 Å². The van der Waals surface area contributed by atoms with Crippen LogP contribution in [-0.4, -0.2) is 40.4 Å². The molecule has 0 aliphatic rings. The molecule has 2 heterocycles. The largest absolute Gasteiger partial charge is 0.477 e. The molecule has 7 heteroatoms. The van der Waals surface area contributed by atoms with Gasteiger partial charge in [0.1, 0.15) is 11.5 Å². The number of rotatable bonds is 9. The Morgan fingerprint density at radius 3 is 2.67 bits per heavy atom. The number of halogens is 1. The van der Waals surface area contributed by atoms with E-state index in [4.69, 9.17) is 9.47 Å². The summed E-state index contributed by atoms with van der Waals surface area (Å²) in [5.74, 6) is -1.36. The third kappa shape index (κ3) is 4.69. The smallest absolute Gasteiger partial charge is 0.354 e. The molecular weight excluding hydrogens is 351 g/mol. The molecule has 6 nitrogen and oxygen atoms in total. The number of nitrogens with zero attached hydrogens (tertiary/aromatic N) is 2. The zero-order valence-electron chi connectivity index (χ0n) is 15.0. The number of pyridine rings is 1. The molecule has 0 atom stereocenters. The van der Waals surface area contributed by atoms with E-state index in [0.717, 1.165) is 22.0 Å². The van der Waals surface area contributed by atoms with Crippen LogP contribution in [0.5, 0.6) is 0 Å². The molecule has 0 saturated carbocycles. The fourth-order valence-electron chi connectivity index (χ4n) is 2.86. The molecule has 0 radical (unpaired) electrons. The summed E-state index contributed by atoms with van der Waals surface area (Å²) < 4.78 is 26.0. The second-order valence-corrected chi connectivity index (χ2v) is 6.05. The van der Waals surface area contributed by atoms with Crippen molar-refractivity contribution in [3.63, 3.8) is 0 Å². The first-order valence-electron chi connectivity index (χ1n) is 8.69. The van der Waals surface area contributed by atoms with Crippen molar-refractivity contribution in [2.45, 2.75) is 20.1 Å². The fraction of sp³-hybridized carbons (Fsp3) is 0.300. The molecule has 0 unspecified atom stereocenters. The number of aromatic nitrogens is 2. The lowest BCUT2D eigenvalue weighted by molar-refractivity contribution is 0.0456. The Kier molecular flexibility index (Phi) is 6.16. The van der Waals surface area contributed by atoms with E-state index in [-0.39, 0.29) is 11.5 Å². The highest BCUT2D eigenvalue weighted by molar-refractivity contribution is 5.92. The van der Waals surface area contributed by atoms with Gasteiger partial charge < -0.3 is 19.1 Å². The van der Waals surface area contributed by atoms with Gasteiger partial charge in [-0.15, -0.1) is 0 Å². The zero-order valence-corrected chi connectivity index (χ0v) is 15.0. The first-order valence-corrected chi connectivity index (χ1v) is 8.69. The highest BCUT2D eigenvalue weighted by Crippen LogP contribution is 2.24. The predicted molar refractivity (Wildman–Crippen MR) is 98.3 cm³/mol. The maximum Gasteiger partial charge on any atom is 0.354 e. The van der Waals surface area contributed by atoms with Gasteiger partial charge in [-0.25, -0.2) is 14.2 Å². The average molecular weight is 372 g/mol. The number of carboxylic acid groups (broad SMARTS) is 1. The van der Waals surface area contributed by atoms with Gasteiger partial charge in [0.15, 0.2) is 0 Å². The predicted octanol–water partition coefficient (Wildman–Crippen LogP) is 3.48. The van der Waals surface area contributed by atoms with Gasteiger partial charge >= 0.3 is 5.97 Å². The van der Waals surface area contributed by atoms with E-state index >= 15 is 0 Å². The lowest BCUT2D eigenvalue weighted by Gasteiger charge is -2.05. The fourth-order valence-corrected chi connectivity index (χ4v) is 2.86. The van der Waals surface area contributed by atoms with Gasteiger partial charge in [0.25, 0.3) is 0 Å². The molecule has 0 amide bonds. The van der Waals surface area contributed by atoms with Gasteiger partial charge in [0, 0.05) is 30.3 Å². The van der Waals surface area contributed by atoms with Crippen LogP contribution in [0.4, 0.5) is 4.39 Å². The molecule has 0 saturated heterocycles. The maximum atomic E-state index is 13.1. The highest BCUT2D eigenvalue weighted by Gasteiger charge is 2.13. The minimum Gasteiger partial charge on any atom is -0.477 e. The Hall–Kier alpha value is -2.77. The standard InChI is InChI=1S/C20H21FN2O4/c1-2-26-7-8-27-13-15-12-23(11-14-3-5-16(21)6-4-14)19-10-22-18(20(24)25)9-17(15)19/h3-6,9-10,12H,2,7-8,11,13H2,1H3,(H,24,25). The van der Waals surface area contributed by atoms with E-state index < -0.39 is 5.97 Å². The molecule has 0 fully saturated rings. The summed E-state index contributed by atoms with van der Waals surface area (Å²) in [6.45, 7) is 4.37. The Morgan fingerprint density at radius 1 is 1.22 bits per heavy atom. The van der Waals surface area contributed by atoms with Gasteiger partial charge in [0.05, 0.1) is 31.5 Å². The number of carboxylic acids is 1. The Labute approximate surface area is 156 Å². The van der Waals surface area contributed by atoms with Crippen LogP contribution < -0.4 is 0 Å². The van der Waals surface area contributed by atoms with E-state index in [1.165, 1.54) is 12.1 Å². The molecular formula is C20H21FN2O4. The molecule has 142 valence electrons. The van der Waals surface area contributed by atoms with Crippen molar-refractivity contribution < 1.29 is 23.8 Å². The molecule has 1 N–H and O–H groups in total. The number of ether oxygens (including phenoxy) is 2. The Balaban J connectivity index is 1.88. The minimum absolute atomic E-state index is 0.0161. The first kappa shape index (κ1) is 19.0. The van der Waals surface area contributed by atoms with E-state index in [0.29, 0.717) is 33.0 Å². The summed E-state index contributed by atoms with van der Waals surface area (Å²) in [6, 6.07) is 7.83. The van der Waals surface area contributed by atoms with Crippen LogP contribution in [-0.2, 0) is 22.6 Å². The molecule has 2 aromatic heterocycles. The summed E-state index contributed by atoms with van der Waals surface area (Å²) in [7, 11) is 0. The van der Waals surface area contributed by atoms with Crippen molar-refractivity contribution in [3.8, 4) is 0 Å². The molecule has 0 spiro atoms. The number of hydrogen-bond acceptors (Lipinski definition) is 4. The second-order valence-electron chi connectivity index (χ2n) is 6.05. The number of aromatic carboxylic acids is 1. The minimum atomic E-state index is -1.08. The second kappa shape index (κ2) is 8.75. The molecule has 3 rings (SSSR count). The Bertz CT molecular complexity index is 922. The molecule has 0 aliphatic heterocycles. The van der Waals surface area contributed by atoms with Crippen LogP contribution in [0, 0.1) is 5.82 Å². The summed E-state index contributed by atoms with van der Waals surface area (Å²) >= 11 is 0. The van der Waals surface area contributed by atoms with Crippen LogP contribution in [0.15, 0.2) is 42.7 Å². The van der Waals surface area contributed by atoms with Crippen molar-refractivity contribution in [1.29, 1.82) is 0 Å². The maximum absolute atomic E-state index is 13.1. The normalized spacial score (nSPS) is 11.2. The van der Waals surface area contributed by atoms with Gasteiger partial charge in [-0.05, 0) is 30.7 Å². The van der Waals surface area contributed by atoms with Crippen molar-refractivity contribution in [1.82, 2.24) is 9.55 Å². The van der Waals surface area contributed by atoms with E-state index in [9.17, 15) is 14.3 Å².